The summed E-state index contributed by atoms with van der Waals surface area (Å²) in [4.78, 5) is 3.50. The summed E-state index contributed by atoms with van der Waals surface area (Å²) >= 11 is 8.24. The molecule has 1 aromatic heterocycles. The Morgan fingerprint density at radius 3 is 2.95 bits per heavy atom. The molecule has 20 heavy (non-hydrogen) atoms. The van der Waals surface area contributed by atoms with Gasteiger partial charge in [-0.1, -0.05) is 29.8 Å². The summed E-state index contributed by atoms with van der Waals surface area (Å²) in [6.07, 6.45) is 0.0564. The fourth-order valence-corrected chi connectivity index (χ4v) is 4.28. The summed E-state index contributed by atoms with van der Waals surface area (Å²) in [7, 11) is 0. The van der Waals surface area contributed by atoms with Crippen molar-refractivity contribution in [1.82, 2.24) is 4.90 Å². The molecule has 0 radical (unpaired) electrons. The third kappa shape index (κ3) is 2.85. The highest BCUT2D eigenvalue weighted by Gasteiger charge is 2.25. The Morgan fingerprint density at radius 2 is 2.20 bits per heavy atom. The van der Waals surface area contributed by atoms with Gasteiger partial charge in [-0.05, 0) is 13.0 Å². The van der Waals surface area contributed by atoms with Gasteiger partial charge in [0, 0.05) is 34.6 Å². The SMILES string of the molecule is CC1CN(Cc2sc3ccccc3c2Cl)CC(CO)O1. The molecule has 0 saturated carbocycles. The van der Waals surface area contributed by atoms with Gasteiger partial charge in [-0.3, -0.25) is 4.90 Å². The molecular formula is C15H18ClNO2S. The first-order valence-corrected chi connectivity index (χ1v) is 8.01. The van der Waals surface area contributed by atoms with E-state index in [1.807, 2.05) is 19.1 Å². The van der Waals surface area contributed by atoms with Crippen molar-refractivity contribution >= 4 is 33.0 Å². The van der Waals surface area contributed by atoms with Crippen LogP contribution in [0.3, 0.4) is 0 Å². The van der Waals surface area contributed by atoms with Gasteiger partial charge in [-0.25, -0.2) is 0 Å². The number of ether oxygens (including phenoxy) is 1. The Labute approximate surface area is 127 Å². The van der Waals surface area contributed by atoms with E-state index in [4.69, 9.17) is 16.3 Å². The zero-order valence-electron chi connectivity index (χ0n) is 11.4. The highest BCUT2D eigenvalue weighted by molar-refractivity contribution is 7.19. The van der Waals surface area contributed by atoms with Crippen LogP contribution in [0.2, 0.25) is 5.02 Å². The Bertz CT molecular complexity index is 601. The first-order chi connectivity index (χ1) is 9.67. The number of hydrogen-bond donors (Lipinski definition) is 1. The van der Waals surface area contributed by atoms with Crippen molar-refractivity contribution in [2.45, 2.75) is 25.7 Å². The molecule has 2 heterocycles. The van der Waals surface area contributed by atoms with Gasteiger partial charge in [0.2, 0.25) is 0 Å². The summed E-state index contributed by atoms with van der Waals surface area (Å²) in [5.41, 5.74) is 0. The van der Waals surface area contributed by atoms with Crippen molar-refractivity contribution in [3.05, 3.63) is 34.2 Å². The number of halogens is 1. The van der Waals surface area contributed by atoms with Crippen LogP contribution in [0, 0.1) is 0 Å². The second-order valence-corrected chi connectivity index (χ2v) is 6.80. The molecule has 0 amide bonds. The molecule has 3 nitrogen and oxygen atoms in total. The van der Waals surface area contributed by atoms with E-state index in [0.29, 0.717) is 0 Å². The number of nitrogens with zero attached hydrogens (tertiary/aromatic N) is 1. The van der Waals surface area contributed by atoms with E-state index in [-0.39, 0.29) is 18.8 Å². The number of thiophene rings is 1. The van der Waals surface area contributed by atoms with E-state index in [1.54, 1.807) is 11.3 Å². The van der Waals surface area contributed by atoms with Crippen molar-refractivity contribution in [3.8, 4) is 0 Å². The average Bonchev–Trinajstić information content (AvgIpc) is 2.75. The largest absolute Gasteiger partial charge is 0.394 e. The lowest BCUT2D eigenvalue weighted by Gasteiger charge is -2.35. The predicted molar refractivity (Wildman–Crippen MR) is 83.5 cm³/mol. The quantitative estimate of drug-likeness (QED) is 0.945. The average molecular weight is 312 g/mol. The van der Waals surface area contributed by atoms with Crippen LogP contribution < -0.4 is 0 Å². The molecule has 1 saturated heterocycles. The van der Waals surface area contributed by atoms with Crippen LogP contribution in [0.1, 0.15) is 11.8 Å². The van der Waals surface area contributed by atoms with Crippen LogP contribution in [0.15, 0.2) is 24.3 Å². The summed E-state index contributed by atoms with van der Waals surface area (Å²) in [5.74, 6) is 0. The fourth-order valence-electron chi connectivity index (χ4n) is 2.74. The first-order valence-electron chi connectivity index (χ1n) is 6.82. The van der Waals surface area contributed by atoms with E-state index in [9.17, 15) is 5.11 Å². The number of aliphatic hydroxyl groups is 1. The molecule has 1 N–H and O–H groups in total. The van der Waals surface area contributed by atoms with E-state index in [0.717, 1.165) is 30.0 Å². The molecule has 2 atom stereocenters. The summed E-state index contributed by atoms with van der Waals surface area (Å²) in [6.45, 7) is 4.57. The fraction of sp³-hybridized carbons (Fsp3) is 0.467. The van der Waals surface area contributed by atoms with Crippen molar-refractivity contribution in [1.29, 1.82) is 0 Å². The lowest BCUT2D eigenvalue weighted by molar-refractivity contribution is -0.0970. The minimum atomic E-state index is -0.0908. The molecule has 1 aliphatic rings. The van der Waals surface area contributed by atoms with Gasteiger partial charge in [0.1, 0.15) is 0 Å². The number of morpholine rings is 1. The minimum absolute atomic E-state index is 0.0704. The molecule has 1 fully saturated rings. The maximum absolute atomic E-state index is 9.29. The van der Waals surface area contributed by atoms with Crippen molar-refractivity contribution in [2.75, 3.05) is 19.7 Å². The molecule has 1 aromatic carbocycles. The zero-order valence-corrected chi connectivity index (χ0v) is 13.0. The molecule has 0 spiro atoms. The van der Waals surface area contributed by atoms with Crippen LogP contribution in [0.5, 0.6) is 0 Å². The van der Waals surface area contributed by atoms with Crippen LogP contribution >= 0.6 is 22.9 Å². The third-order valence-corrected chi connectivity index (χ3v) is 5.27. The number of rotatable bonds is 3. The lowest BCUT2D eigenvalue weighted by Crippen LogP contribution is -2.47. The number of hydrogen-bond acceptors (Lipinski definition) is 4. The van der Waals surface area contributed by atoms with Gasteiger partial charge in [0.05, 0.1) is 23.8 Å². The Morgan fingerprint density at radius 1 is 1.40 bits per heavy atom. The number of fused-ring (bicyclic) bond motifs is 1. The standard InChI is InChI=1S/C15H18ClNO2S/c1-10-6-17(7-11(9-18)19-10)8-14-15(16)12-4-2-3-5-13(12)20-14/h2-5,10-11,18H,6-9H2,1H3. The van der Waals surface area contributed by atoms with E-state index in [1.165, 1.54) is 9.58 Å². The molecule has 1 aliphatic heterocycles. The summed E-state index contributed by atoms with van der Waals surface area (Å²) in [5, 5.41) is 11.3. The van der Waals surface area contributed by atoms with E-state index >= 15 is 0 Å². The zero-order chi connectivity index (χ0) is 14.1. The van der Waals surface area contributed by atoms with Crippen molar-refractivity contribution < 1.29 is 9.84 Å². The van der Waals surface area contributed by atoms with Gasteiger partial charge in [-0.15, -0.1) is 11.3 Å². The number of benzene rings is 1. The molecule has 3 rings (SSSR count). The Balaban J connectivity index is 1.80. The van der Waals surface area contributed by atoms with Gasteiger partial charge >= 0.3 is 0 Å². The maximum Gasteiger partial charge on any atom is 0.0936 e. The number of aliphatic hydroxyl groups excluding tert-OH is 1. The lowest BCUT2D eigenvalue weighted by atomic mass is 10.2. The smallest absolute Gasteiger partial charge is 0.0936 e. The van der Waals surface area contributed by atoms with Gasteiger partial charge in [0.25, 0.3) is 0 Å². The molecule has 2 aromatic rings. The third-order valence-electron chi connectivity index (χ3n) is 3.57. The topological polar surface area (TPSA) is 32.7 Å². The minimum Gasteiger partial charge on any atom is -0.394 e. The van der Waals surface area contributed by atoms with Crippen molar-refractivity contribution in [2.24, 2.45) is 0 Å². The van der Waals surface area contributed by atoms with Gasteiger partial charge < -0.3 is 9.84 Å². The summed E-state index contributed by atoms with van der Waals surface area (Å²) in [6, 6.07) is 8.23. The second-order valence-electron chi connectivity index (χ2n) is 5.28. The maximum atomic E-state index is 9.29. The van der Waals surface area contributed by atoms with Crippen LogP contribution in [0.4, 0.5) is 0 Å². The normalized spacial score (nSPS) is 24.4. The van der Waals surface area contributed by atoms with Crippen molar-refractivity contribution in [3.63, 3.8) is 0 Å². The first kappa shape index (κ1) is 14.3. The van der Waals surface area contributed by atoms with Crippen LogP contribution in [-0.2, 0) is 11.3 Å². The molecule has 0 aliphatic carbocycles. The highest BCUT2D eigenvalue weighted by atomic mass is 35.5. The highest BCUT2D eigenvalue weighted by Crippen LogP contribution is 2.36. The summed E-state index contributed by atoms with van der Waals surface area (Å²) < 4.78 is 6.90. The van der Waals surface area contributed by atoms with Crippen LogP contribution in [0.25, 0.3) is 10.1 Å². The van der Waals surface area contributed by atoms with E-state index in [2.05, 4.69) is 17.0 Å². The second kappa shape index (κ2) is 6.00. The Hall–Kier alpha value is -0.650. The predicted octanol–water partition coefficient (Wildman–Crippen LogP) is 3.14. The van der Waals surface area contributed by atoms with Crippen LogP contribution in [-0.4, -0.2) is 41.9 Å². The molecule has 108 valence electrons. The molecule has 0 bridgehead atoms. The van der Waals surface area contributed by atoms with E-state index < -0.39 is 0 Å². The molecule has 5 heteroatoms. The monoisotopic (exact) mass is 311 g/mol. The van der Waals surface area contributed by atoms with Gasteiger partial charge in [0.15, 0.2) is 0 Å². The molecule has 2 unspecified atom stereocenters. The van der Waals surface area contributed by atoms with Gasteiger partial charge in [-0.2, -0.15) is 0 Å². The Kier molecular flexibility index (Phi) is 4.29. The molecular weight excluding hydrogens is 294 g/mol.